The van der Waals surface area contributed by atoms with E-state index in [1.54, 1.807) is 18.2 Å². The van der Waals surface area contributed by atoms with Crippen LogP contribution in [0.5, 0.6) is 0 Å². The highest BCUT2D eigenvalue weighted by Crippen LogP contribution is 2.26. The molecule has 0 aliphatic heterocycles. The van der Waals surface area contributed by atoms with Crippen LogP contribution in [-0.4, -0.2) is 27.1 Å². The molecule has 6 heteroatoms. The lowest BCUT2D eigenvalue weighted by Gasteiger charge is -2.26. The summed E-state index contributed by atoms with van der Waals surface area (Å²) in [5, 5.41) is 12.8. The summed E-state index contributed by atoms with van der Waals surface area (Å²) >= 11 is 0. The lowest BCUT2D eigenvalue weighted by atomic mass is 9.86. The van der Waals surface area contributed by atoms with Crippen molar-refractivity contribution in [2.75, 3.05) is 5.32 Å². The lowest BCUT2D eigenvalue weighted by molar-refractivity contribution is -0.142. The number of hydrogen-bond donors (Lipinski definition) is 3. The molecular formula is C15H17N3O3. The number of carbonyl (C=O) groups is 1. The summed E-state index contributed by atoms with van der Waals surface area (Å²) in [6.07, 6.45) is 2.86. The smallest absolute Gasteiger partial charge is 0.306 e. The third kappa shape index (κ3) is 2.89. The van der Waals surface area contributed by atoms with Crippen LogP contribution in [0.1, 0.15) is 25.7 Å². The first-order valence-electron chi connectivity index (χ1n) is 7.12. The van der Waals surface area contributed by atoms with E-state index in [1.165, 1.54) is 0 Å². The van der Waals surface area contributed by atoms with Gasteiger partial charge in [0.05, 0.1) is 16.8 Å². The van der Waals surface area contributed by atoms with Crippen molar-refractivity contribution in [3.63, 3.8) is 0 Å². The molecule has 6 nitrogen and oxygen atoms in total. The van der Waals surface area contributed by atoms with Crippen LogP contribution in [0, 0.1) is 5.92 Å². The fourth-order valence-electron chi connectivity index (χ4n) is 2.83. The van der Waals surface area contributed by atoms with E-state index in [9.17, 15) is 9.59 Å². The van der Waals surface area contributed by atoms with Gasteiger partial charge in [-0.1, -0.05) is 12.1 Å². The summed E-state index contributed by atoms with van der Waals surface area (Å²) in [6, 6.07) is 7.35. The summed E-state index contributed by atoms with van der Waals surface area (Å²) in [5.74, 6) is -0.505. The lowest BCUT2D eigenvalue weighted by Crippen LogP contribution is -2.30. The van der Waals surface area contributed by atoms with Crippen LogP contribution in [0.4, 0.5) is 5.95 Å². The molecule has 1 saturated carbocycles. The van der Waals surface area contributed by atoms with Crippen molar-refractivity contribution in [3.8, 4) is 0 Å². The summed E-state index contributed by atoms with van der Waals surface area (Å²) in [4.78, 5) is 30.0. The number of para-hydroxylation sites is 1. The van der Waals surface area contributed by atoms with Crippen molar-refractivity contribution in [1.29, 1.82) is 0 Å². The van der Waals surface area contributed by atoms with Gasteiger partial charge in [-0.2, -0.15) is 0 Å². The Morgan fingerprint density at radius 2 is 1.95 bits per heavy atom. The first kappa shape index (κ1) is 13.6. The van der Waals surface area contributed by atoms with Gasteiger partial charge in [0.2, 0.25) is 5.95 Å². The van der Waals surface area contributed by atoms with Gasteiger partial charge in [-0.05, 0) is 37.8 Å². The van der Waals surface area contributed by atoms with E-state index < -0.39 is 5.97 Å². The molecule has 2 aromatic rings. The third-order valence-electron chi connectivity index (χ3n) is 4.03. The standard InChI is InChI=1S/C15H17N3O3/c19-13-11-3-1-2-4-12(11)17-15(18-13)16-10-7-5-9(6-8-10)14(20)21/h1-4,9-10H,5-8H2,(H,20,21)(H2,16,17,18,19). The van der Waals surface area contributed by atoms with E-state index in [0.29, 0.717) is 29.7 Å². The Bertz CT molecular complexity index is 717. The van der Waals surface area contributed by atoms with Crippen molar-refractivity contribution in [2.45, 2.75) is 31.7 Å². The van der Waals surface area contributed by atoms with Gasteiger partial charge in [-0.3, -0.25) is 14.6 Å². The highest BCUT2D eigenvalue weighted by molar-refractivity contribution is 5.78. The highest BCUT2D eigenvalue weighted by Gasteiger charge is 2.26. The van der Waals surface area contributed by atoms with E-state index in [1.807, 2.05) is 6.07 Å². The molecular weight excluding hydrogens is 270 g/mol. The second kappa shape index (κ2) is 5.55. The first-order valence-corrected chi connectivity index (χ1v) is 7.12. The second-order valence-electron chi connectivity index (χ2n) is 5.46. The zero-order valence-electron chi connectivity index (χ0n) is 11.5. The highest BCUT2D eigenvalue weighted by atomic mass is 16.4. The second-order valence-corrected chi connectivity index (χ2v) is 5.46. The van der Waals surface area contributed by atoms with Gasteiger partial charge in [0, 0.05) is 6.04 Å². The van der Waals surface area contributed by atoms with Crippen LogP contribution in [0.3, 0.4) is 0 Å². The zero-order valence-corrected chi connectivity index (χ0v) is 11.5. The van der Waals surface area contributed by atoms with Crippen LogP contribution in [0.15, 0.2) is 29.1 Å². The number of nitrogens with one attached hydrogen (secondary N) is 2. The van der Waals surface area contributed by atoms with E-state index >= 15 is 0 Å². The number of benzene rings is 1. The number of anilines is 1. The van der Waals surface area contributed by atoms with Crippen LogP contribution >= 0.6 is 0 Å². The Kier molecular flexibility index (Phi) is 3.60. The predicted molar refractivity (Wildman–Crippen MR) is 79.4 cm³/mol. The number of aromatic amines is 1. The molecule has 0 saturated heterocycles. The van der Waals surface area contributed by atoms with Crippen LogP contribution in [-0.2, 0) is 4.79 Å². The molecule has 0 atom stereocenters. The summed E-state index contributed by atoms with van der Waals surface area (Å²) in [6.45, 7) is 0. The van der Waals surface area contributed by atoms with E-state index in [-0.39, 0.29) is 17.5 Å². The maximum atomic E-state index is 12.0. The van der Waals surface area contributed by atoms with Gasteiger partial charge in [0.25, 0.3) is 5.56 Å². The molecule has 1 aliphatic rings. The number of rotatable bonds is 3. The van der Waals surface area contributed by atoms with E-state index in [2.05, 4.69) is 15.3 Å². The Balaban J connectivity index is 1.74. The average Bonchev–Trinajstić information content (AvgIpc) is 2.48. The fraction of sp³-hybridized carbons (Fsp3) is 0.400. The summed E-state index contributed by atoms with van der Waals surface area (Å²) in [5.41, 5.74) is 0.491. The molecule has 0 bridgehead atoms. The molecule has 1 aliphatic carbocycles. The van der Waals surface area contributed by atoms with Crippen molar-refractivity contribution in [3.05, 3.63) is 34.6 Å². The molecule has 0 spiro atoms. The molecule has 0 unspecified atom stereocenters. The minimum atomic E-state index is -0.717. The van der Waals surface area contributed by atoms with Gasteiger partial charge >= 0.3 is 5.97 Å². The predicted octanol–water partition coefficient (Wildman–Crippen LogP) is 1.98. The number of H-pyrrole nitrogens is 1. The monoisotopic (exact) mass is 287 g/mol. The molecule has 1 aromatic heterocycles. The Morgan fingerprint density at radius 3 is 2.67 bits per heavy atom. The van der Waals surface area contributed by atoms with Crippen molar-refractivity contribution in [2.24, 2.45) is 5.92 Å². The van der Waals surface area contributed by atoms with Gasteiger partial charge in [0.15, 0.2) is 0 Å². The van der Waals surface area contributed by atoms with Crippen molar-refractivity contribution >= 4 is 22.8 Å². The minimum Gasteiger partial charge on any atom is -0.481 e. The molecule has 0 radical (unpaired) electrons. The third-order valence-corrected chi connectivity index (χ3v) is 4.03. The maximum absolute atomic E-state index is 12.0. The molecule has 1 aromatic carbocycles. The zero-order chi connectivity index (χ0) is 14.8. The summed E-state index contributed by atoms with van der Waals surface area (Å²) in [7, 11) is 0. The number of fused-ring (bicyclic) bond motifs is 1. The van der Waals surface area contributed by atoms with E-state index in [4.69, 9.17) is 5.11 Å². The Labute approximate surface area is 121 Å². The van der Waals surface area contributed by atoms with Gasteiger partial charge in [-0.25, -0.2) is 4.98 Å². The van der Waals surface area contributed by atoms with Gasteiger partial charge in [0.1, 0.15) is 0 Å². The van der Waals surface area contributed by atoms with Crippen molar-refractivity contribution in [1.82, 2.24) is 9.97 Å². The number of aliphatic carboxylic acids is 1. The van der Waals surface area contributed by atoms with Crippen LogP contribution in [0.25, 0.3) is 10.9 Å². The SMILES string of the molecule is O=C(O)C1CCC(Nc2nc3ccccc3c(=O)[nH]2)CC1. The topological polar surface area (TPSA) is 95.1 Å². The first-order chi connectivity index (χ1) is 10.1. The number of carboxylic acids is 1. The minimum absolute atomic E-state index is 0.157. The molecule has 1 fully saturated rings. The van der Waals surface area contributed by atoms with Crippen molar-refractivity contribution < 1.29 is 9.90 Å². The molecule has 1 heterocycles. The maximum Gasteiger partial charge on any atom is 0.306 e. The number of aromatic nitrogens is 2. The van der Waals surface area contributed by atoms with Crippen LogP contribution in [0.2, 0.25) is 0 Å². The largest absolute Gasteiger partial charge is 0.481 e. The normalized spacial score (nSPS) is 22.1. The van der Waals surface area contributed by atoms with Crippen LogP contribution < -0.4 is 10.9 Å². The fourth-order valence-corrected chi connectivity index (χ4v) is 2.83. The van der Waals surface area contributed by atoms with Gasteiger partial charge in [-0.15, -0.1) is 0 Å². The number of nitrogens with zero attached hydrogens (tertiary/aromatic N) is 1. The number of hydrogen-bond acceptors (Lipinski definition) is 4. The average molecular weight is 287 g/mol. The molecule has 110 valence electrons. The number of carboxylic acid groups (broad SMARTS) is 1. The molecule has 0 amide bonds. The van der Waals surface area contributed by atoms with E-state index in [0.717, 1.165) is 12.8 Å². The molecule has 3 N–H and O–H groups in total. The summed E-state index contributed by atoms with van der Waals surface area (Å²) < 4.78 is 0. The molecule has 21 heavy (non-hydrogen) atoms. The van der Waals surface area contributed by atoms with Gasteiger partial charge < -0.3 is 10.4 Å². The Hall–Kier alpha value is -2.37. The quantitative estimate of drug-likeness (QED) is 0.802. The molecule has 3 rings (SSSR count). The Morgan fingerprint density at radius 1 is 1.24 bits per heavy atom.